The van der Waals surface area contributed by atoms with Gasteiger partial charge in [-0.15, -0.1) is 0 Å². The van der Waals surface area contributed by atoms with Crippen molar-refractivity contribution in [2.24, 2.45) is 0 Å². The van der Waals surface area contributed by atoms with Crippen LogP contribution in [0.5, 0.6) is 0 Å². The minimum absolute atomic E-state index is 0.892. The van der Waals surface area contributed by atoms with Gasteiger partial charge in [0, 0.05) is 0 Å². The van der Waals surface area contributed by atoms with Crippen molar-refractivity contribution < 1.29 is 4.57 Å². The van der Waals surface area contributed by atoms with Crippen LogP contribution < -0.4 is 4.57 Å². The molecule has 0 amide bonds. The average molecular weight is 172 g/mol. The van der Waals surface area contributed by atoms with Crippen molar-refractivity contribution in [2.45, 2.75) is 25.8 Å². The lowest BCUT2D eigenvalue weighted by Gasteiger charge is -2.08. The highest BCUT2D eigenvalue weighted by Gasteiger charge is 2.19. The first kappa shape index (κ1) is 7.95. The van der Waals surface area contributed by atoms with Crippen LogP contribution in [0.1, 0.15) is 0 Å². The number of rotatable bonds is 2. The summed E-state index contributed by atoms with van der Waals surface area (Å²) < 4.78 is 2.29. The highest BCUT2D eigenvalue weighted by atomic mass is 32.1. The van der Waals surface area contributed by atoms with E-state index in [9.17, 15) is 0 Å². The van der Waals surface area contributed by atoms with E-state index in [1.165, 1.54) is 6.17 Å². The Bertz CT molecular complexity index is 188. The van der Waals surface area contributed by atoms with Gasteiger partial charge < -0.3 is 0 Å². The van der Waals surface area contributed by atoms with Crippen molar-refractivity contribution in [3.8, 4) is 0 Å². The van der Waals surface area contributed by atoms with Gasteiger partial charge in [-0.05, 0) is 0 Å². The van der Waals surface area contributed by atoms with Gasteiger partial charge in [0.25, 0.3) is 0 Å². The van der Waals surface area contributed by atoms with Crippen molar-refractivity contribution in [3.05, 3.63) is 17.1 Å². The number of nitrogens with zero attached hydrogens (tertiary/aromatic N) is 1. The Morgan fingerprint density at radius 2 is 2.10 bits per heavy atom. The van der Waals surface area contributed by atoms with Crippen LogP contribution in [0, 0.1) is 0 Å². The molecule has 0 atom stereocenters. The van der Waals surface area contributed by atoms with Gasteiger partial charge in [0.05, 0.1) is 5.38 Å². The maximum atomic E-state index is 2.39. The zero-order chi connectivity index (χ0) is 7.61. The monoisotopic (exact) mass is 172 g/mol. The molecular formula is C7H14NSSi+. The van der Waals surface area contributed by atoms with Gasteiger partial charge in [0.15, 0.2) is 6.20 Å². The minimum Gasteiger partial charge on any atom is -0.199 e. The predicted molar refractivity (Wildman–Crippen MR) is 47.9 cm³/mol. The van der Waals surface area contributed by atoms with Crippen LogP contribution in [0.2, 0.25) is 19.6 Å². The highest BCUT2D eigenvalue weighted by Crippen LogP contribution is 2.00. The molecule has 0 bridgehead atoms. The van der Waals surface area contributed by atoms with Gasteiger partial charge in [-0.1, -0.05) is 31.0 Å². The van der Waals surface area contributed by atoms with Crippen molar-refractivity contribution >= 4 is 19.4 Å². The molecule has 1 aromatic heterocycles. The molecule has 0 unspecified atom stereocenters. The summed E-state index contributed by atoms with van der Waals surface area (Å²) in [6.07, 6.45) is 3.40. The van der Waals surface area contributed by atoms with Gasteiger partial charge in [-0.25, -0.2) is 0 Å². The summed E-state index contributed by atoms with van der Waals surface area (Å²) in [4.78, 5) is 0. The van der Waals surface area contributed by atoms with E-state index in [-0.39, 0.29) is 0 Å². The van der Waals surface area contributed by atoms with Crippen LogP contribution in [-0.2, 0) is 6.17 Å². The Morgan fingerprint density at radius 3 is 2.50 bits per heavy atom. The van der Waals surface area contributed by atoms with E-state index < -0.39 is 8.07 Å². The molecule has 0 spiro atoms. The van der Waals surface area contributed by atoms with Crippen molar-refractivity contribution in [1.29, 1.82) is 0 Å². The zero-order valence-corrected chi connectivity index (χ0v) is 8.61. The second kappa shape index (κ2) is 2.84. The van der Waals surface area contributed by atoms with E-state index in [0.717, 1.165) is 0 Å². The standard InChI is InChI=1S/C7H14NSSi/c1-10(2,3)7-8-4-5-9-6-8/h4-6H,7H2,1-3H3/q+1. The summed E-state index contributed by atoms with van der Waals surface area (Å²) in [6.45, 7) is 7.16. The number of thiazole rings is 1. The fourth-order valence-corrected chi connectivity index (χ4v) is 2.92. The first-order valence-corrected chi connectivity index (χ1v) is 8.14. The fourth-order valence-electron chi connectivity index (χ4n) is 0.899. The molecule has 1 heterocycles. The largest absolute Gasteiger partial charge is 0.224 e. The average Bonchev–Trinajstić information content (AvgIpc) is 2.12. The molecule has 0 aliphatic carbocycles. The SMILES string of the molecule is C[Si](C)(C)C[n+]1ccsc1. The summed E-state index contributed by atoms with van der Waals surface area (Å²) in [5.41, 5.74) is 2.18. The molecular weight excluding hydrogens is 158 g/mol. The molecule has 56 valence electrons. The quantitative estimate of drug-likeness (QED) is 0.474. The molecule has 1 rings (SSSR count). The summed E-state index contributed by atoms with van der Waals surface area (Å²) in [7, 11) is -0.892. The molecule has 0 fully saturated rings. The molecule has 1 aromatic rings. The fraction of sp³-hybridized carbons (Fsp3) is 0.571. The predicted octanol–water partition coefficient (Wildman–Crippen LogP) is 1.91. The van der Waals surface area contributed by atoms with Crippen LogP contribution >= 0.6 is 11.3 Å². The molecule has 0 saturated carbocycles. The first-order chi connectivity index (χ1) is 4.58. The Morgan fingerprint density at radius 1 is 1.40 bits per heavy atom. The lowest BCUT2D eigenvalue weighted by molar-refractivity contribution is -0.676. The van der Waals surface area contributed by atoms with Gasteiger partial charge in [0.1, 0.15) is 14.2 Å². The summed E-state index contributed by atoms with van der Waals surface area (Å²) >= 11 is 1.77. The highest BCUT2D eigenvalue weighted by molar-refractivity contribution is 7.07. The number of aromatic nitrogens is 1. The third kappa shape index (κ3) is 2.62. The van der Waals surface area contributed by atoms with E-state index in [0.29, 0.717) is 0 Å². The third-order valence-corrected chi connectivity index (χ3v) is 3.17. The second-order valence-corrected chi connectivity index (χ2v) is 9.95. The number of hydrogen-bond acceptors (Lipinski definition) is 1. The maximum Gasteiger partial charge on any atom is 0.224 e. The molecule has 0 aliphatic heterocycles. The smallest absolute Gasteiger partial charge is 0.199 e. The van der Waals surface area contributed by atoms with Crippen LogP contribution in [0.15, 0.2) is 17.1 Å². The van der Waals surface area contributed by atoms with Crippen molar-refractivity contribution in [3.63, 3.8) is 0 Å². The molecule has 0 N–H and O–H groups in total. The molecule has 0 aromatic carbocycles. The topological polar surface area (TPSA) is 3.88 Å². The Hall–Kier alpha value is -0.153. The third-order valence-electron chi connectivity index (χ3n) is 1.18. The summed E-state index contributed by atoms with van der Waals surface area (Å²) in [6, 6.07) is 0. The van der Waals surface area contributed by atoms with Gasteiger partial charge in [-0.3, -0.25) is 0 Å². The molecule has 10 heavy (non-hydrogen) atoms. The Labute approximate surface area is 67.3 Å². The van der Waals surface area contributed by atoms with Crippen LogP contribution in [-0.4, -0.2) is 8.07 Å². The lowest BCUT2D eigenvalue weighted by Crippen LogP contribution is -2.44. The first-order valence-electron chi connectivity index (χ1n) is 3.49. The van der Waals surface area contributed by atoms with Crippen LogP contribution in [0.3, 0.4) is 0 Å². The van der Waals surface area contributed by atoms with E-state index in [1.54, 1.807) is 11.3 Å². The lowest BCUT2D eigenvalue weighted by atomic mass is 10.9. The minimum atomic E-state index is -0.892. The maximum absolute atomic E-state index is 2.39. The molecule has 0 saturated heterocycles. The second-order valence-electron chi connectivity index (χ2n) is 3.76. The molecule has 0 radical (unpaired) electrons. The van der Waals surface area contributed by atoms with E-state index in [1.807, 2.05) is 0 Å². The van der Waals surface area contributed by atoms with E-state index in [2.05, 4.69) is 41.3 Å². The van der Waals surface area contributed by atoms with Gasteiger partial charge in [0.2, 0.25) is 5.51 Å². The summed E-state index contributed by atoms with van der Waals surface area (Å²) in [5, 5.41) is 2.13. The van der Waals surface area contributed by atoms with E-state index in [4.69, 9.17) is 0 Å². The zero-order valence-electron chi connectivity index (χ0n) is 6.79. The van der Waals surface area contributed by atoms with Crippen molar-refractivity contribution in [2.75, 3.05) is 0 Å². The Balaban J connectivity index is 2.57. The molecule has 0 aliphatic rings. The molecule has 3 heteroatoms. The van der Waals surface area contributed by atoms with Crippen LogP contribution in [0.4, 0.5) is 0 Å². The Kier molecular flexibility index (Phi) is 2.26. The summed E-state index contributed by atoms with van der Waals surface area (Å²) in [5.74, 6) is 0. The number of hydrogen-bond donors (Lipinski definition) is 0. The van der Waals surface area contributed by atoms with Gasteiger partial charge >= 0.3 is 0 Å². The normalized spacial score (nSPS) is 11.9. The van der Waals surface area contributed by atoms with E-state index >= 15 is 0 Å². The van der Waals surface area contributed by atoms with Crippen LogP contribution in [0.25, 0.3) is 0 Å². The van der Waals surface area contributed by atoms with Gasteiger partial charge in [-0.2, -0.15) is 4.57 Å². The van der Waals surface area contributed by atoms with Crippen molar-refractivity contribution in [1.82, 2.24) is 0 Å². The molecule has 1 nitrogen and oxygen atoms in total.